The zero-order valence-corrected chi connectivity index (χ0v) is 18.4. The van der Waals surface area contributed by atoms with Crippen molar-refractivity contribution in [3.8, 4) is 5.75 Å². The lowest BCUT2D eigenvalue weighted by Gasteiger charge is -2.39. The number of benzene rings is 3. The molecule has 152 valence electrons. The highest BCUT2D eigenvalue weighted by molar-refractivity contribution is 9.10. The van der Waals surface area contributed by atoms with Gasteiger partial charge < -0.3 is 10.1 Å². The van der Waals surface area contributed by atoms with Crippen LogP contribution >= 0.6 is 15.9 Å². The van der Waals surface area contributed by atoms with Crippen LogP contribution in [0.25, 0.3) is 5.70 Å². The molecule has 4 aromatic rings. The van der Waals surface area contributed by atoms with Crippen LogP contribution in [0.5, 0.6) is 5.75 Å². The number of hydrogen-bond acceptors (Lipinski definition) is 4. The highest BCUT2D eigenvalue weighted by Gasteiger charge is 2.40. The number of nitrogens with one attached hydrogen (secondary N) is 1. The van der Waals surface area contributed by atoms with E-state index in [9.17, 15) is 0 Å². The number of hydrogen-bond donors (Lipinski definition) is 1. The molecule has 1 aromatic heterocycles. The molecule has 1 N–H and O–H groups in total. The zero-order chi connectivity index (χ0) is 20.9. The zero-order valence-electron chi connectivity index (χ0n) is 16.8. The number of ether oxygens (including phenoxy) is 1. The molecule has 0 radical (unpaired) electrons. The minimum Gasteiger partial charge on any atom is -0.480 e. The molecule has 0 spiro atoms. The predicted octanol–water partition coefficient (Wildman–Crippen LogP) is 5.91. The van der Waals surface area contributed by atoms with Crippen LogP contribution in [0.3, 0.4) is 0 Å². The number of aryl methyl sites for hydroxylation is 1. The number of rotatable bonds is 2. The van der Waals surface area contributed by atoms with Crippen molar-refractivity contribution in [1.29, 1.82) is 0 Å². The maximum absolute atomic E-state index is 6.63. The maximum Gasteiger partial charge on any atom is 0.226 e. The van der Waals surface area contributed by atoms with Gasteiger partial charge in [-0.25, -0.2) is 4.68 Å². The van der Waals surface area contributed by atoms with Crippen LogP contribution in [0.2, 0.25) is 0 Å². The second-order valence-electron chi connectivity index (χ2n) is 7.84. The summed E-state index contributed by atoms with van der Waals surface area (Å²) in [4.78, 5) is 4.48. The third-order valence-electron chi connectivity index (χ3n) is 5.89. The van der Waals surface area contributed by atoms with Gasteiger partial charge in [0.15, 0.2) is 0 Å². The normalized spacial score (nSPS) is 19.0. The lowest BCUT2D eigenvalue weighted by molar-refractivity contribution is 0.223. The summed E-state index contributed by atoms with van der Waals surface area (Å²) < 4.78 is 9.61. The van der Waals surface area contributed by atoms with Gasteiger partial charge in [0.2, 0.25) is 5.95 Å². The first-order valence-corrected chi connectivity index (χ1v) is 11.0. The summed E-state index contributed by atoms with van der Waals surface area (Å²) in [6, 6.07) is 25.0. The Morgan fingerprint density at radius 3 is 2.48 bits per heavy atom. The SMILES string of the molecule is Cc1ccc(C2Oc3ccccc3C3=C2C(c2ccc(Br)cc2)n2ncnc2N3)cc1. The average Bonchev–Trinajstić information content (AvgIpc) is 3.27. The Hall–Kier alpha value is -3.38. The van der Waals surface area contributed by atoms with Crippen LogP contribution in [0.4, 0.5) is 5.95 Å². The lowest BCUT2D eigenvalue weighted by Crippen LogP contribution is -2.32. The van der Waals surface area contributed by atoms with Crippen LogP contribution in [0, 0.1) is 6.92 Å². The Morgan fingerprint density at radius 1 is 0.935 bits per heavy atom. The van der Waals surface area contributed by atoms with Gasteiger partial charge in [-0.2, -0.15) is 10.1 Å². The van der Waals surface area contributed by atoms with E-state index in [1.165, 1.54) is 5.56 Å². The van der Waals surface area contributed by atoms with Crippen LogP contribution in [-0.4, -0.2) is 14.8 Å². The van der Waals surface area contributed by atoms with E-state index >= 15 is 0 Å². The van der Waals surface area contributed by atoms with E-state index in [4.69, 9.17) is 4.74 Å². The van der Waals surface area contributed by atoms with Gasteiger partial charge in [0.1, 0.15) is 24.2 Å². The molecule has 5 nitrogen and oxygen atoms in total. The van der Waals surface area contributed by atoms with Crippen LogP contribution in [-0.2, 0) is 0 Å². The number of halogens is 1. The molecule has 2 unspecified atom stereocenters. The number of anilines is 1. The largest absolute Gasteiger partial charge is 0.480 e. The molecule has 0 saturated carbocycles. The summed E-state index contributed by atoms with van der Waals surface area (Å²) in [7, 11) is 0. The minimum absolute atomic E-state index is 0.137. The summed E-state index contributed by atoms with van der Waals surface area (Å²) in [5.41, 5.74) is 6.67. The molecular formula is C25H19BrN4O. The molecule has 3 heterocycles. The Bertz CT molecular complexity index is 1310. The lowest BCUT2D eigenvalue weighted by atomic mass is 9.84. The molecule has 6 heteroatoms. The van der Waals surface area contributed by atoms with Crippen molar-refractivity contribution in [2.75, 3.05) is 5.32 Å². The standard InChI is InChI=1S/C25H19BrN4O/c1-15-6-8-17(9-7-15)24-21-22(19-4-2-3-5-20(19)31-24)29-25-27-14-28-30(25)23(21)16-10-12-18(26)13-11-16/h2-14,23-24H,1H3,(H,27,28,29). The fraction of sp³-hybridized carbons (Fsp3) is 0.120. The Morgan fingerprint density at radius 2 is 1.68 bits per heavy atom. The van der Waals surface area contributed by atoms with Gasteiger partial charge in [-0.3, -0.25) is 0 Å². The third kappa shape index (κ3) is 2.98. The first-order valence-electron chi connectivity index (χ1n) is 10.2. The van der Waals surface area contributed by atoms with E-state index in [-0.39, 0.29) is 12.1 Å². The molecule has 0 fully saturated rings. The Kier molecular flexibility index (Phi) is 4.21. The summed E-state index contributed by atoms with van der Waals surface area (Å²) in [6.45, 7) is 2.10. The fourth-order valence-electron chi connectivity index (χ4n) is 4.40. The van der Waals surface area contributed by atoms with Gasteiger partial charge in [-0.15, -0.1) is 0 Å². The molecule has 3 aromatic carbocycles. The molecule has 0 amide bonds. The highest BCUT2D eigenvalue weighted by Crippen LogP contribution is 2.50. The Labute approximate surface area is 188 Å². The third-order valence-corrected chi connectivity index (χ3v) is 6.42. The molecule has 0 aliphatic carbocycles. The van der Waals surface area contributed by atoms with Crippen molar-refractivity contribution in [2.24, 2.45) is 0 Å². The highest BCUT2D eigenvalue weighted by atomic mass is 79.9. The van der Waals surface area contributed by atoms with E-state index in [1.54, 1.807) is 6.33 Å². The minimum atomic E-state index is -0.246. The molecule has 0 bridgehead atoms. The van der Waals surface area contributed by atoms with E-state index in [0.29, 0.717) is 0 Å². The maximum atomic E-state index is 6.63. The predicted molar refractivity (Wildman–Crippen MR) is 124 cm³/mol. The summed E-state index contributed by atoms with van der Waals surface area (Å²) in [6.07, 6.45) is 1.35. The van der Waals surface area contributed by atoms with Crippen molar-refractivity contribution >= 4 is 27.6 Å². The van der Waals surface area contributed by atoms with Crippen molar-refractivity contribution in [3.05, 3.63) is 111 Å². The first kappa shape index (κ1) is 18.4. The fourth-order valence-corrected chi connectivity index (χ4v) is 4.66. The number of fused-ring (bicyclic) bond motifs is 3. The van der Waals surface area contributed by atoms with E-state index in [0.717, 1.165) is 44.1 Å². The second-order valence-corrected chi connectivity index (χ2v) is 8.76. The topological polar surface area (TPSA) is 52.0 Å². The second kappa shape index (κ2) is 7.10. The first-order chi connectivity index (χ1) is 15.2. The van der Waals surface area contributed by atoms with Gasteiger partial charge >= 0.3 is 0 Å². The molecule has 6 rings (SSSR count). The number of para-hydroxylation sites is 1. The number of aromatic nitrogens is 3. The summed E-state index contributed by atoms with van der Waals surface area (Å²) in [5, 5.41) is 8.10. The molecule has 2 aliphatic rings. The van der Waals surface area contributed by atoms with Crippen LogP contribution in [0.15, 0.2) is 89.2 Å². The smallest absolute Gasteiger partial charge is 0.226 e. The molecule has 0 saturated heterocycles. The average molecular weight is 471 g/mol. The van der Waals surface area contributed by atoms with E-state index in [2.05, 4.69) is 92.9 Å². The molecule has 31 heavy (non-hydrogen) atoms. The van der Waals surface area contributed by atoms with Crippen LogP contribution < -0.4 is 10.1 Å². The van der Waals surface area contributed by atoms with Crippen molar-refractivity contribution in [3.63, 3.8) is 0 Å². The van der Waals surface area contributed by atoms with Gasteiger partial charge in [-0.1, -0.05) is 70.0 Å². The van der Waals surface area contributed by atoms with Gasteiger partial charge in [0, 0.05) is 15.6 Å². The number of nitrogens with zero attached hydrogens (tertiary/aromatic N) is 3. The van der Waals surface area contributed by atoms with Crippen molar-refractivity contribution < 1.29 is 4.74 Å². The van der Waals surface area contributed by atoms with Crippen molar-refractivity contribution in [1.82, 2.24) is 14.8 Å². The van der Waals surface area contributed by atoms with Gasteiger partial charge in [0.25, 0.3) is 0 Å². The molecule has 2 atom stereocenters. The van der Waals surface area contributed by atoms with Gasteiger partial charge in [0.05, 0.1) is 5.70 Å². The monoisotopic (exact) mass is 470 g/mol. The quantitative estimate of drug-likeness (QED) is 0.395. The van der Waals surface area contributed by atoms with E-state index in [1.807, 2.05) is 22.9 Å². The van der Waals surface area contributed by atoms with E-state index < -0.39 is 0 Å². The summed E-state index contributed by atoms with van der Waals surface area (Å²) >= 11 is 3.56. The van der Waals surface area contributed by atoms with Crippen molar-refractivity contribution in [2.45, 2.75) is 19.1 Å². The van der Waals surface area contributed by atoms with Gasteiger partial charge in [-0.05, 0) is 42.3 Å². The Balaban J connectivity index is 1.62. The molecular weight excluding hydrogens is 452 g/mol. The summed E-state index contributed by atoms with van der Waals surface area (Å²) in [5.74, 6) is 1.59. The molecule has 2 aliphatic heterocycles. The van der Waals surface area contributed by atoms with Crippen LogP contribution in [0.1, 0.15) is 34.4 Å².